The van der Waals surface area contributed by atoms with Gasteiger partial charge in [0.05, 0.1) is 0 Å². The maximum Gasteiger partial charge on any atom is 0.223 e. The van der Waals surface area contributed by atoms with E-state index in [-0.39, 0.29) is 11.8 Å². The minimum absolute atomic E-state index is 0.200. The lowest BCUT2D eigenvalue weighted by molar-refractivity contribution is -0.125. The van der Waals surface area contributed by atoms with E-state index in [1.807, 2.05) is 0 Å². The van der Waals surface area contributed by atoms with Crippen LogP contribution in [0.15, 0.2) is 36.4 Å². The van der Waals surface area contributed by atoms with Crippen LogP contribution in [0.4, 0.5) is 5.69 Å². The second kappa shape index (κ2) is 10.5. The van der Waals surface area contributed by atoms with Gasteiger partial charge in [0.15, 0.2) is 0 Å². The molecule has 1 N–H and O–H groups in total. The second-order valence-corrected chi connectivity index (χ2v) is 9.51. The van der Waals surface area contributed by atoms with E-state index in [0.29, 0.717) is 6.04 Å². The molecule has 0 atom stereocenters. The van der Waals surface area contributed by atoms with E-state index in [4.69, 9.17) is 0 Å². The van der Waals surface area contributed by atoms with Crippen LogP contribution in [-0.4, -0.2) is 49.6 Å². The Labute approximate surface area is 182 Å². The van der Waals surface area contributed by atoms with Gasteiger partial charge in [0, 0.05) is 43.8 Å². The molecule has 3 aliphatic rings. The molecule has 4 heteroatoms. The molecule has 0 spiro atoms. The molecule has 0 radical (unpaired) electrons. The number of nitrogens with one attached hydrogen (secondary N) is 1. The van der Waals surface area contributed by atoms with E-state index in [1.165, 1.54) is 50.1 Å². The number of carbonyl (C=O) groups excluding carboxylic acids is 1. The van der Waals surface area contributed by atoms with E-state index in [9.17, 15) is 4.79 Å². The molecular formula is C26H39N3O. The van der Waals surface area contributed by atoms with Crippen LogP contribution in [-0.2, 0) is 11.2 Å². The van der Waals surface area contributed by atoms with Crippen LogP contribution in [0.5, 0.6) is 0 Å². The van der Waals surface area contributed by atoms with Crippen LogP contribution in [0.2, 0.25) is 0 Å². The zero-order valence-corrected chi connectivity index (χ0v) is 18.7. The van der Waals surface area contributed by atoms with Crippen molar-refractivity contribution in [3.8, 4) is 0 Å². The first kappa shape index (κ1) is 21.4. The van der Waals surface area contributed by atoms with Gasteiger partial charge in [-0.05, 0) is 81.5 Å². The third kappa shape index (κ3) is 5.66. The summed E-state index contributed by atoms with van der Waals surface area (Å²) in [6.45, 7) is 8.10. The SMILES string of the molecule is CCc1cccc(N2CCN(CC[C@H]3CC[C@H](NC(=O)C4CC=CC4)CC3)CC2)c1. The molecule has 30 heavy (non-hydrogen) atoms. The van der Waals surface area contributed by atoms with Gasteiger partial charge in [-0.1, -0.05) is 31.2 Å². The van der Waals surface area contributed by atoms with Gasteiger partial charge < -0.3 is 10.2 Å². The maximum atomic E-state index is 12.3. The van der Waals surface area contributed by atoms with Crippen molar-refractivity contribution in [2.45, 2.75) is 64.3 Å². The summed E-state index contributed by atoms with van der Waals surface area (Å²) in [7, 11) is 0. The fourth-order valence-corrected chi connectivity index (χ4v) is 5.31. The number of nitrogens with zero attached hydrogens (tertiary/aromatic N) is 2. The van der Waals surface area contributed by atoms with Gasteiger partial charge in [0.1, 0.15) is 0 Å². The summed E-state index contributed by atoms with van der Waals surface area (Å²) in [5.74, 6) is 1.32. The summed E-state index contributed by atoms with van der Waals surface area (Å²) >= 11 is 0. The molecule has 1 saturated heterocycles. The lowest BCUT2D eigenvalue weighted by atomic mass is 9.83. The Morgan fingerprint density at radius 1 is 1.03 bits per heavy atom. The molecule has 0 unspecified atom stereocenters. The molecule has 1 aromatic carbocycles. The predicted molar refractivity (Wildman–Crippen MR) is 125 cm³/mol. The second-order valence-electron chi connectivity index (χ2n) is 9.51. The third-order valence-corrected chi connectivity index (χ3v) is 7.48. The number of allylic oxidation sites excluding steroid dienone is 2. The van der Waals surface area contributed by atoms with Gasteiger partial charge in [-0.2, -0.15) is 0 Å². The number of aryl methyl sites for hydroxylation is 1. The summed E-state index contributed by atoms with van der Waals surface area (Å²) in [5.41, 5.74) is 2.82. The van der Waals surface area contributed by atoms with Crippen molar-refractivity contribution in [1.82, 2.24) is 10.2 Å². The first-order chi connectivity index (χ1) is 14.7. The molecule has 4 nitrogen and oxygen atoms in total. The molecule has 0 bridgehead atoms. The van der Waals surface area contributed by atoms with E-state index >= 15 is 0 Å². The van der Waals surface area contributed by atoms with Crippen LogP contribution in [0, 0.1) is 11.8 Å². The quantitative estimate of drug-likeness (QED) is 0.678. The smallest absolute Gasteiger partial charge is 0.223 e. The lowest BCUT2D eigenvalue weighted by Crippen LogP contribution is -2.47. The zero-order chi connectivity index (χ0) is 20.8. The largest absolute Gasteiger partial charge is 0.369 e. The van der Waals surface area contributed by atoms with Crippen molar-refractivity contribution < 1.29 is 4.79 Å². The zero-order valence-electron chi connectivity index (χ0n) is 18.7. The number of benzene rings is 1. The molecule has 1 aliphatic heterocycles. The molecule has 4 rings (SSSR count). The number of rotatable bonds is 7. The molecule has 2 fully saturated rings. The topological polar surface area (TPSA) is 35.6 Å². The Morgan fingerprint density at radius 2 is 1.77 bits per heavy atom. The average Bonchev–Trinajstić information content (AvgIpc) is 3.34. The Morgan fingerprint density at radius 3 is 2.47 bits per heavy atom. The molecule has 0 aromatic heterocycles. The van der Waals surface area contributed by atoms with Gasteiger partial charge in [-0.15, -0.1) is 0 Å². The van der Waals surface area contributed by atoms with Crippen LogP contribution in [0.1, 0.15) is 57.4 Å². The molecule has 1 heterocycles. The van der Waals surface area contributed by atoms with Crippen molar-refractivity contribution >= 4 is 11.6 Å². The summed E-state index contributed by atoms with van der Waals surface area (Å²) in [5, 5.41) is 3.32. The highest BCUT2D eigenvalue weighted by atomic mass is 16.1. The minimum atomic E-state index is 0.200. The number of carbonyl (C=O) groups is 1. The monoisotopic (exact) mass is 409 g/mol. The van der Waals surface area contributed by atoms with Crippen LogP contribution < -0.4 is 10.2 Å². The minimum Gasteiger partial charge on any atom is -0.369 e. The Balaban J connectivity index is 1.12. The molecule has 1 amide bonds. The van der Waals surface area contributed by atoms with E-state index < -0.39 is 0 Å². The summed E-state index contributed by atoms with van der Waals surface area (Å²) < 4.78 is 0. The fourth-order valence-electron chi connectivity index (χ4n) is 5.31. The first-order valence-electron chi connectivity index (χ1n) is 12.2. The fraction of sp³-hybridized carbons (Fsp3) is 0.654. The molecule has 2 aliphatic carbocycles. The van der Waals surface area contributed by atoms with Gasteiger partial charge >= 0.3 is 0 Å². The van der Waals surface area contributed by atoms with E-state index in [2.05, 4.69) is 58.5 Å². The first-order valence-corrected chi connectivity index (χ1v) is 12.2. The average molecular weight is 410 g/mol. The van der Waals surface area contributed by atoms with Crippen molar-refractivity contribution in [3.05, 3.63) is 42.0 Å². The standard InChI is InChI=1S/C26H39N3O/c1-2-21-6-5-9-25(20-21)29-18-16-28(17-19-29)15-14-22-10-12-24(13-11-22)27-26(30)23-7-3-4-8-23/h3-6,9,20,22-24H,2,7-8,10-19H2,1H3,(H,27,30)/t22-,24-. The number of piperazine rings is 1. The summed E-state index contributed by atoms with van der Waals surface area (Å²) in [6, 6.07) is 9.46. The number of anilines is 1. The summed E-state index contributed by atoms with van der Waals surface area (Å²) in [4.78, 5) is 17.5. The maximum absolute atomic E-state index is 12.3. The lowest BCUT2D eigenvalue weighted by Gasteiger charge is -2.37. The van der Waals surface area contributed by atoms with Crippen molar-refractivity contribution in [1.29, 1.82) is 0 Å². The highest BCUT2D eigenvalue weighted by molar-refractivity contribution is 5.79. The van der Waals surface area contributed by atoms with E-state index in [1.54, 1.807) is 0 Å². The van der Waals surface area contributed by atoms with Crippen molar-refractivity contribution in [3.63, 3.8) is 0 Å². The highest BCUT2D eigenvalue weighted by Gasteiger charge is 2.26. The van der Waals surface area contributed by atoms with Crippen LogP contribution >= 0.6 is 0 Å². The molecular weight excluding hydrogens is 370 g/mol. The van der Waals surface area contributed by atoms with Crippen molar-refractivity contribution in [2.75, 3.05) is 37.6 Å². The Kier molecular flexibility index (Phi) is 7.48. The van der Waals surface area contributed by atoms with Gasteiger partial charge in [-0.3, -0.25) is 9.69 Å². The Hall–Kier alpha value is -1.81. The molecule has 1 saturated carbocycles. The third-order valence-electron chi connectivity index (χ3n) is 7.48. The number of amides is 1. The summed E-state index contributed by atoms with van der Waals surface area (Å²) in [6.07, 6.45) is 13.4. The van der Waals surface area contributed by atoms with Crippen molar-refractivity contribution in [2.24, 2.45) is 11.8 Å². The van der Waals surface area contributed by atoms with Gasteiger partial charge in [0.2, 0.25) is 5.91 Å². The molecule has 1 aromatic rings. The van der Waals surface area contributed by atoms with Crippen LogP contribution in [0.25, 0.3) is 0 Å². The van der Waals surface area contributed by atoms with Gasteiger partial charge in [0.25, 0.3) is 0 Å². The normalized spacial score (nSPS) is 25.6. The predicted octanol–water partition coefficient (Wildman–Crippen LogP) is 4.40. The number of hydrogen-bond acceptors (Lipinski definition) is 3. The van der Waals surface area contributed by atoms with E-state index in [0.717, 1.165) is 51.1 Å². The number of hydrogen-bond donors (Lipinski definition) is 1. The molecule has 164 valence electrons. The van der Waals surface area contributed by atoms with Gasteiger partial charge in [-0.25, -0.2) is 0 Å². The Bertz CT molecular complexity index is 707. The highest BCUT2D eigenvalue weighted by Crippen LogP contribution is 2.28. The van der Waals surface area contributed by atoms with Crippen LogP contribution in [0.3, 0.4) is 0 Å².